The molecule has 112 valence electrons. The first-order valence-corrected chi connectivity index (χ1v) is 7.65. The Kier molecular flexibility index (Phi) is 5.40. The number of aryl methyl sites for hydroxylation is 3. The third-order valence-electron chi connectivity index (χ3n) is 3.63. The van der Waals surface area contributed by atoms with Crippen LogP contribution in [0.3, 0.4) is 0 Å². The molecule has 0 aromatic heterocycles. The van der Waals surface area contributed by atoms with Gasteiger partial charge in [-0.1, -0.05) is 25.1 Å². The highest BCUT2D eigenvalue weighted by atomic mass is 16.5. The summed E-state index contributed by atoms with van der Waals surface area (Å²) < 4.78 is 6.03. The second kappa shape index (κ2) is 7.28. The number of nitrogens with one attached hydrogen (secondary N) is 1. The summed E-state index contributed by atoms with van der Waals surface area (Å²) >= 11 is 0. The molecule has 0 aliphatic heterocycles. The summed E-state index contributed by atoms with van der Waals surface area (Å²) in [4.78, 5) is 0. The maximum atomic E-state index is 6.03. The van der Waals surface area contributed by atoms with Crippen LogP contribution in [-0.2, 0) is 6.54 Å². The lowest BCUT2D eigenvalue weighted by Crippen LogP contribution is -2.14. The largest absolute Gasteiger partial charge is 0.457 e. The van der Waals surface area contributed by atoms with Crippen molar-refractivity contribution in [2.24, 2.45) is 0 Å². The number of hydrogen-bond donors (Lipinski definition) is 1. The molecular formula is C19H25NO. The van der Waals surface area contributed by atoms with Gasteiger partial charge in [-0.3, -0.25) is 0 Å². The molecule has 0 spiro atoms. The second-order valence-electron chi connectivity index (χ2n) is 5.64. The molecule has 0 saturated carbocycles. The Morgan fingerprint density at radius 1 is 0.952 bits per heavy atom. The number of rotatable bonds is 6. The topological polar surface area (TPSA) is 21.3 Å². The molecule has 2 rings (SSSR count). The highest BCUT2D eigenvalue weighted by Crippen LogP contribution is 2.27. The maximum Gasteiger partial charge on any atom is 0.130 e. The average Bonchev–Trinajstić information content (AvgIpc) is 2.45. The van der Waals surface area contributed by atoms with Gasteiger partial charge >= 0.3 is 0 Å². The minimum atomic E-state index is 0.903. The molecule has 0 aliphatic rings. The normalized spacial score (nSPS) is 10.7. The van der Waals surface area contributed by atoms with Crippen LogP contribution in [0.15, 0.2) is 36.4 Å². The van der Waals surface area contributed by atoms with Gasteiger partial charge < -0.3 is 10.1 Å². The van der Waals surface area contributed by atoms with E-state index in [-0.39, 0.29) is 0 Å². The molecule has 21 heavy (non-hydrogen) atoms. The highest BCUT2D eigenvalue weighted by molar-refractivity contribution is 5.42. The van der Waals surface area contributed by atoms with Gasteiger partial charge in [-0.25, -0.2) is 0 Å². The van der Waals surface area contributed by atoms with Gasteiger partial charge in [0.2, 0.25) is 0 Å². The van der Waals surface area contributed by atoms with Gasteiger partial charge in [0.15, 0.2) is 0 Å². The number of benzene rings is 2. The van der Waals surface area contributed by atoms with Crippen LogP contribution in [0.4, 0.5) is 0 Å². The number of hydrogen-bond acceptors (Lipinski definition) is 2. The van der Waals surface area contributed by atoms with Gasteiger partial charge in [0, 0.05) is 6.54 Å². The fourth-order valence-electron chi connectivity index (χ4n) is 2.27. The van der Waals surface area contributed by atoms with Crippen molar-refractivity contribution < 1.29 is 4.74 Å². The molecule has 0 heterocycles. The zero-order chi connectivity index (χ0) is 15.2. The molecule has 0 aliphatic carbocycles. The van der Waals surface area contributed by atoms with Crippen LogP contribution in [0, 0.1) is 20.8 Å². The van der Waals surface area contributed by atoms with E-state index in [0.717, 1.165) is 36.6 Å². The molecule has 0 amide bonds. The Morgan fingerprint density at radius 2 is 1.76 bits per heavy atom. The third kappa shape index (κ3) is 4.33. The molecule has 0 unspecified atom stereocenters. The minimum Gasteiger partial charge on any atom is -0.457 e. The molecular weight excluding hydrogens is 258 g/mol. The van der Waals surface area contributed by atoms with E-state index >= 15 is 0 Å². The van der Waals surface area contributed by atoms with E-state index in [1.807, 2.05) is 0 Å². The molecule has 2 aromatic carbocycles. The lowest BCUT2D eigenvalue weighted by molar-refractivity contribution is 0.477. The van der Waals surface area contributed by atoms with Crippen molar-refractivity contribution in [3.8, 4) is 11.5 Å². The summed E-state index contributed by atoms with van der Waals surface area (Å²) in [6.07, 6.45) is 1.16. The standard InChI is InChI=1S/C19H25NO/c1-5-10-20-13-17-8-9-18(12-16(17)4)21-19-11-14(2)6-7-15(19)3/h6-9,11-12,20H,5,10,13H2,1-4H3. The predicted molar refractivity (Wildman–Crippen MR) is 89.2 cm³/mol. The van der Waals surface area contributed by atoms with Gasteiger partial charge in [-0.15, -0.1) is 0 Å². The summed E-state index contributed by atoms with van der Waals surface area (Å²) in [6, 6.07) is 12.6. The van der Waals surface area contributed by atoms with Crippen molar-refractivity contribution in [3.05, 3.63) is 58.7 Å². The van der Waals surface area contributed by atoms with Crippen LogP contribution >= 0.6 is 0 Å². The summed E-state index contributed by atoms with van der Waals surface area (Å²) in [5.74, 6) is 1.84. The first-order valence-electron chi connectivity index (χ1n) is 7.65. The molecule has 0 saturated heterocycles. The van der Waals surface area contributed by atoms with Crippen molar-refractivity contribution >= 4 is 0 Å². The zero-order valence-corrected chi connectivity index (χ0v) is 13.5. The monoisotopic (exact) mass is 283 g/mol. The molecule has 1 N–H and O–H groups in total. The Bertz CT molecular complexity index is 605. The SMILES string of the molecule is CCCNCc1ccc(Oc2cc(C)ccc2C)cc1C. The van der Waals surface area contributed by atoms with E-state index in [1.54, 1.807) is 0 Å². The molecule has 0 bridgehead atoms. The lowest BCUT2D eigenvalue weighted by atomic mass is 10.1. The third-order valence-corrected chi connectivity index (χ3v) is 3.63. The van der Waals surface area contributed by atoms with Gasteiger partial charge in [0.05, 0.1) is 0 Å². The first-order chi connectivity index (χ1) is 10.1. The Balaban J connectivity index is 2.11. The van der Waals surface area contributed by atoms with Crippen molar-refractivity contribution in [1.29, 1.82) is 0 Å². The van der Waals surface area contributed by atoms with Gasteiger partial charge in [0.25, 0.3) is 0 Å². The van der Waals surface area contributed by atoms with E-state index in [1.165, 1.54) is 16.7 Å². The Labute approximate surface area is 128 Å². The summed E-state index contributed by atoms with van der Waals surface area (Å²) in [5.41, 5.74) is 4.97. The van der Waals surface area contributed by atoms with Gasteiger partial charge in [0.1, 0.15) is 11.5 Å². The van der Waals surface area contributed by atoms with Gasteiger partial charge in [-0.05, 0) is 74.2 Å². The molecule has 2 heteroatoms. The van der Waals surface area contributed by atoms with E-state index in [4.69, 9.17) is 4.74 Å². The average molecular weight is 283 g/mol. The van der Waals surface area contributed by atoms with Crippen LogP contribution in [0.5, 0.6) is 11.5 Å². The lowest BCUT2D eigenvalue weighted by Gasteiger charge is -2.12. The molecule has 2 aromatic rings. The van der Waals surface area contributed by atoms with E-state index < -0.39 is 0 Å². The van der Waals surface area contributed by atoms with E-state index in [0.29, 0.717) is 0 Å². The van der Waals surface area contributed by atoms with Crippen molar-refractivity contribution in [2.45, 2.75) is 40.7 Å². The minimum absolute atomic E-state index is 0.903. The molecule has 0 radical (unpaired) electrons. The van der Waals surface area contributed by atoms with Crippen molar-refractivity contribution in [3.63, 3.8) is 0 Å². The van der Waals surface area contributed by atoms with E-state index in [9.17, 15) is 0 Å². The van der Waals surface area contributed by atoms with Crippen molar-refractivity contribution in [2.75, 3.05) is 6.54 Å². The van der Waals surface area contributed by atoms with Crippen LogP contribution in [0.2, 0.25) is 0 Å². The second-order valence-corrected chi connectivity index (χ2v) is 5.64. The highest BCUT2D eigenvalue weighted by Gasteiger charge is 2.04. The Morgan fingerprint density at radius 3 is 2.48 bits per heavy atom. The van der Waals surface area contributed by atoms with Crippen LogP contribution < -0.4 is 10.1 Å². The summed E-state index contributed by atoms with van der Waals surface area (Å²) in [6.45, 7) is 10.5. The van der Waals surface area contributed by atoms with Crippen molar-refractivity contribution in [1.82, 2.24) is 5.32 Å². The Hall–Kier alpha value is -1.80. The summed E-state index contributed by atoms with van der Waals surface area (Å²) in [5, 5.41) is 3.44. The maximum absolute atomic E-state index is 6.03. The predicted octanol–water partition coefficient (Wildman–Crippen LogP) is 4.90. The van der Waals surface area contributed by atoms with Gasteiger partial charge in [-0.2, -0.15) is 0 Å². The van der Waals surface area contributed by atoms with Crippen LogP contribution in [0.1, 0.15) is 35.6 Å². The molecule has 2 nitrogen and oxygen atoms in total. The first kappa shape index (κ1) is 15.6. The zero-order valence-electron chi connectivity index (χ0n) is 13.5. The fraction of sp³-hybridized carbons (Fsp3) is 0.368. The fourth-order valence-corrected chi connectivity index (χ4v) is 2.27. The summed E-state index contributed by atoms with van der Waals surface area (Å²) in [7, 11) is 0. The van der Waals surface area contributed by atoms with Crippen LogP contribution in [-0.4, -0.2) is 6.54 Å². The quantitative estimate of drug-likeness (QED) is 0.761. The van der Waals surface area contributed by atoms with E-state index in [2.05, 4.69) is 69.4 Å². The molecule has 0 fully saturated rings. The smallest absolute Gasteiger partial charge is 0.130 e. The van der Waals surface area contributed by atoms with Crippen LogP contribution in [0.25, 0.3) is 0 Å². The molecule has 0 atom stereocenters. The number of ether oxygens (including phenoxy) is 1.